The van der Waals surface area contributed by atoms with E-state index in [0.717, 1.165) is 5.69 Å². The average molecular weight is 335 g/mol. The molecule has 2 saturated heterocycles. The SMILES string of the molecule is COC(=O)C1CN(c2cc(F)cc(B3OC(C)(C)C(C)(C)O3)c2)C1. The third-order valence-electron chi connectivity index (χ3n) is 5.21. The Bertz CT molecular complexity index is 642. The molecule has 7 heteroatoms. The number of esters is 1. The molecule has 2 aliphatic heterocycles. The molecule has 0 saturated carbocycles. The average Bonchev–Trinajstić information content (AvgIpc) is 2.65. The second-order valence-electron chi connectivity index (χ2n) is 7.46. The summed E-state index contributed by atoms with van der Waals surface area (Å²) in [5, 5.41) is 0. The molecule has 3 rings (SSSR count). The summed E-state index contributed by atoms with van der Waals surface area (Å²) in [6, 6.07) is 4.75. The Labute approximate surface area is 142 Å². The van der Waals surface area contributed by atoms with E-state index in [2.05, 4.69) is 0 Å². The van der Waals surface area contributed by atoms with E-state index >= 15 is 0 Å². The molecule has 0 atom stereocenters. The van der Waals surface area contributed by atoms with Crippen LogP contribution in [0, 0.1) is 11.7 Å². The van der Waals surface area contributed by atoms with E-state index in [4.69, 9.17) is 14.0 Å². The van der Waals surface area contributed by atoms with E-state index < -0.39 is 18.3 Å². The van der Waals surface area contributed by atoms with Gasteiger partial charge in [-0.05, 0) is 51.4 Å². The van der Waals surface area contributed by atoms with Crippen molar-refractivity contribution in [1.29, 1.82) is 0 Å². The van der Waals surface area contributed by atoms with Crippen LogP contribution in [-0.2, 0) is 18.8 Å². The molecule has 0 N–H and O–H groups in total. The summed E-state index contributed by atoms with van der Waals surface area (Å²) in [6.07, 6.45) is 0. The van der Waals surface area contributed by atoms with Gasteiger partial charge in [0.2, 0.25) is 0 Å². The maximum Gasteiger partial charge on any atom is 0.495 e. The van der Waals surface area contributed by atoms with Crippen LogP contribution in [0.1, 0.15) is 27.7 Å². The molecule has 0 bridgehead atoms. The molecule has 0 unspecified atom stereocenters. The summed E-state index contributed by atoms with van der Waals surface area (Å²) in [7, 11) is 0.769. The number of hydrogen-bond acceptors (Lipinski definition) is 5. The lowest BCUT2D eigenvalue weighted by molar-refractivity contribution is -0.146. The number of anilines is 1. The van der Waals surface area contributed by atoms with Crippen LogP contribution in [-0.4, -0.2) is 44.5 Å². The fourth-order valence-corrected chi connectivity index (χ4v) is 2.90. The van der Waals surface area contributed by atoms with Gasteiger partial charge in [0.15, 0.2) is 0 Å². The molecule has 0 aliphatic carbocycles. The second-order valence-corrected chi connectivity index (χ2v) is 7.46. The zero-order valence-electron chi connectivity index (χ0n) is 14.8. The van der Waals surface area contributed by atoms with Crippen molar-refractivity contribution in [2.45, 2.75) is 38.9 Å². The minimum Gasteiger partial charge on any atom is -0.469 e. The highest BCUT2D eigenvalue weighted by Gasteiger charge is 2.52. The summed E-state index contributed by atoms with van der Waals surface area (Å²) in [5.41, 5.74) is 0.415. The maximum atomic E-state index is 14.1. The molecule has 2 aliphatic rings. The number of rotatable bonds is 3. The first-order chi connectivity index (χ1) is 11.1. The molecule has 1 aromatic rings. The first kappa shape index (κ1) is 17.2. The topological polar surface area (TPSA) is 48.0 Å². The van der Waals surface area contributed by atoms with Crippen LogP contribution in [0.4, 0.5) is 10.1 Å². The fraction of sp³-hybridized carbons (Fsp3) is 0.588. The van der Waals surface area contributed by atoms with Gasteiger partial charge in [-0.2, -0.15) is 0 Å². The molecule has 1 aromatic carbocycles. The summed E-state index contributed by atoms with van der Waals surface area (Å²) in [5.74, 6) is -0.730. The third-order valence-corrected chi connectivity index (χ3v) is 5.21. The van der Waals surface area contributed by atoms with Crippen molar-refractivity contribution in [2.24, 2.45) is 5.92 Å². The standard InChI is InChI=1S/C17H23BFNO4/c1-16(2)17(3,4)24-18(23-16)12-6-13(19)8-14(7-12)20-9-11(10-20)15(21)22-5/h6-8,11H,9-10H2,1-5H3. The lowest BCUT2D eigenvalue weighted by atomic mass is 9.78. The van der Waals surface area contributed by atoms with Crippen LogP contribution >= 0.6 is 0 Å². The normalized spacial score (nSPS) is 22.4. The van der Waals surface area contributed by atoms with Gasteiger partial charge in [-0.25, -0.2) is 4.39 Å². The van der Waals surface area contributed by atoms with Gasteiger partial charge < -0.3 is 18.9 Å². The molecular formula is C17H23BFNO4. The number of hydrogen-bond donors (Lipinski definition) is 0. The number of carbonyl (C=O) groups excluding carboxylic acids is 1. The van der Waals surface area contributed by atoms with Gasteiger partial charge >= 0.3 is 13.1 Å². The van der Waals surface area contributed by atoms with Crippen LogP contribution in [0.2, 0.25) is 0 Å². The maximum absolute atomic E-state index is 14.1. The van der Waals surface area contributed by atoms with Gasteiger partial charge in [-0.1, -0.05) is 0 Å². The fourth-order valence-electron chi connectivity index (χ4n) is 2.90. The van der Waals surface area contributed by atoms with Crippen LogP contribution in [0.25, 0.3) is 0 Å². The molecular weight excluding hydrogens is 312 g/mol. The number of methoxy groups -OCH3 is 1. The van der Waals surface area contributed by atoms with E-state index in [1.165, 1.54) is 19.2 Å². The third kappa shape index (κ3) is 2.91. The number of carbonyl (C=O) groups is 1. The van der Waals surface area contributed by atoms with Crippen LogP contribution < -0.4 is 10.4 Å². The molecule has 5 nitrogen and oxygen atoms in total. The van der Waals surface area contributed by atoms with Gasteiger partial charge in [0.1, 0.15) is 5.82 Å². The van der Waals surface area contributed by atoms with Gasteiger partial charge in [-0.3, -0.25) is 4.79 Å². The van der Waals surface area contributed by atoms with Crippen LogP contribution in [0.3, 0.4) is 0 Å². The summed E-state index contributed by atoms with van der Waals surface area (Å²) < 4.78 is 30.8. The van der Waals surface area contributed by atoms with E-state index in [9.17, 15) is 9.18 Å². The lowest BCUT2D eigenvalue weighted by Gasteiger charge is -2.39. The Balaban J connectivity index is 1.78. The highest BCUT2D eigenvalue weighted by Crippen LogP contribution is 2.37. The Morgan fingerprint density at radius 3 is 2.33 bits per heavy atom. The molecule has 0 aromatic heterocycles. The molecule has 2 fully saturated rings. The smallest absolute Gasteiger partial charge is 0.469 e. The molecule has 0 spiro atoms. The van der Waals surface area contributed by atoms with Gasteiger partial charge in [0.25, 0.3) is 0 Å². The number of benzene rings is 1. The molecule has 24 heavy (non-hydrogen) atoms. The minimum absolute atomic E-state index is 0.154. The van der Waals surface area contributed by atoms with Crippen molar-refractivity contribution in [3.63, 3.8) is 0 Å². The van der Waals surface area contributed by atoms with Crippen molar-refractivity contribution in [3.8, 4) is 0 Å². The van der Waals surface area contributed by atoms with E-state index in [0.29, 0.717) is 18.6 Å². The summed E-state index contributed by atoms with van der Waals surface area (Å²) in [4.78, 5) is 13.4. The second kappa shape index (κ2) is 5.74. The zero-order chi connectivity index (χ0) is 17.7. The highest BCUT2D eigenvalue weighted by atomic mass is 19.1. The predicted octanol–water partition coefficient (Wildman–Crippen LogP) is 1.73. The van der Waals surface area contributed by atoms with Gasteiger partial charge in [0.05, 0.1) is 24.2 Å². The Morgan fingerprint density at radius 2 is 1.79 bits per heavy atom. The first-order valence-electron chi connectivity index (χ1n) is 8.12. The molecule has 2 heterocycles. The Morgan fingerprint density at radius 1 is 1.21 bits per heavy atom. The van der Waals surface area contributed by atoms with Crippen LogP contribution in [0.5, 0.6) is 0 Å². The number of halogens is 1. The zero-order valence-corrected chi connectivity index (χ0v) is 14.8. The van der Waals surface area contributed by atoms with E-state index in [1.807, 2.05) is 38.7 Å². The van der Waals surface area contributed by atoms with Gasteiger partial charge in [0, 0.05) is 18.8 Å². The monoisotopic (exact) mass is 335 g/mol. The molecule has 0 amide bonds. The summed E-state index contributed by atoms with van der Waals surface area (Å²) >= 11 is 0. The summed E-state index contributed by atoms with van der Waals surface area (Å²) in [6.45, 7) is 8.90. The number of nitrogens with zero attached hydrogens (tertiary/aromatic N) is 1. The van der Waals surface area contributed by atoms with Crippen molar-refractivity contribution >= 4 is 24.2 Å². The van der Waals surface area contributed by atoms with Crippen molar-refractivity contribution in [2.75, 3.05) is 25.1 Å². The van der Waals surface area contributed by atoms with Crippen molar-refractivity contribution < 1.29 is 23.2 Å². The minimum atomic E-state index is -0.609. The Kier molecular flexibility index (Phi) is 4.12. The van der Waals surface area contributed by atoms with E-state index in [1.54, 1.807) is 0 Å². The van der Waals surface area contributed by atoms with Crippen molar-refractivity contribution in [3.05, 3.63) is 24.0 Å². The molecule has 0 radical (unpaired) electrons. The van der Waals surface area contributed by atoms with E-state index in [-0.39, 0.29) is 17.7 Å². The van der Waals surface area contributed by atoms with Crippen molar-refractivity contribution in [1.82, 2.24) is 0 Å². The Hall–Kier alpha value is -1.60. The molecule has 130 valence electrons. The first-order valence-corrected chi connectivity index (χ1v) is 8.12. The highest BCUT2D eigenvalue weighted by molar-refractivity contribution is 6.62. The quantitative estimate of drug-likeness (QED) is 0.622. The van der Waals surface area contributed by atoms with Crippen LogP contribution in [0.15, 0.2) is 18.2 Å². The predicted molar refractivity (Wildman–Crippen MR) is 89.8 cm³/mol. The number of ether oxygens (including phenoxy) is 1. The largest absolute Gasteiger partial charge is 0.495 e. The lowest BCUT2D eigenvalue weighted by Crippen LogP contribution is -2.51. The van der Waals surface area contributed by atoms with Gasteiger partial charge in [-0.15, -0.1) is 0 Å².